The molecule has 0 aliphatic rings. The van der Waals surface area contributed by atoms with Gasteiger partial charge in [0.2, 0.25) is 5.91 Å². The number of methoxy groups -OCH3 is 1. The van der Waals surface area contributed by atoms with E-state index in [9.17, 15) is 9.59 Å². The Kier molecular flexibility index (Phi) is 5.24. The first-order valence-corrected chi connectivity index (χ1v) is 7.60. The number of para-hydroxylation sites is 1. The molecule has 0 saturated heterocycles. The third-order valence-electron chi connectivity index (χ3n) is 3.92. The van der Waals surface area contributed by atoms with Crippen molar-refractivity contribution in [2.45, 2.75) is 25.7 Å². The van der Waals surface area contributed by atoms with Crippen LogP contribution in [0.15, 0.2) is 48.5 Å². The lowest BCUT2D eigenvalue weighted by Gasteiger charge is -2.26. The van der Waals surface area contributed by atoms with Crippen molar-refractivity contribution in [1.29, 1.82) is 0 Å². The van der Waals surface area contributed by atoms with E-state index in [4.69, 9.17) is 9.84 Å². The van der Waals surface area contributed by atoms with Gasteiger partial charge in [0.1, 0.15) is 5.75 Å². The molecule has 2 N–H and O–H groups in total. The number of anilines is 1. The van der Waals surface area contributed by atoms with Crippen LogP contribution < -0.4 is 10.1 Å². The summed E-state index contributed by atoms with van der Waals surface area (Å²) in [5.74, 6) is -0.392. The van der Waals surface area contributed by atoms with Gasteiger partial charge in [-0.3, -0.25) is 9.59 Å². The van der Waals surface area contributed by atoms with Crippen LogP contribution in [-0.4, -0.2) is 24.1 Å². The Balaban J connectivity index is 2.17. The van der Waals surface area contributed by atoms with Crippen molar-refractivity contribution >= 4 is 17.6 Å². The molecule has 1 amide bonds. The molecule has 0 atom stereocenters. The molecule has 0 aliphatic carbocycles. The number of nitrogens with one attached hydrogen (secondary N) is 1. The SMILES string of the molecule is COc1ccccc1C(C)(C)C(=O)Nc1ccc(CC(=O)O)cc1. The number of carbonyl (C=O) groups excluding carboxylic acids is 1. The van der Waals surface area contributed by atoms with E-state index >= 15 is 0 Å². The fraction of sp³-hybridized carbons (Fsp3) is 0.263. The molecular formula is C19H21NO4. The van der Waals surface area contributed by atoms with Gasteiger partial charge in [-0.2, -0.15) is 0 Å². The number of carboxylic acids is 1. The molecule has 0 saturated carbocycles. The highest BCUT2D eigenvalue weighted by Gasteiger charge is 2.32. The second kappa shape index (κ2) is 7.17. The molecule has 0 aliphatic heterocycles. The maximum Gasteiger partial charge on any atom is 0.307 e. The third-order valence-corrected chi connectivity index (χ3v) is 3.92. The predicted molar refractivity (Wildman–Crippen MR) is 92.4 cm³/mol. The van der Waals surface area contributed by atoms with Gasteiger partial charge in [-0.25, -0.2) is 0 Å². The Hall–Kier alpha value is -2.82. The number of ether oxygens (including phenoxy) is 1. The van der Waals surface area contributed by atoms with Crippen LogP contribution in [0.4, 0.5) is 5.69 Å². The molecule has 0 spiro atoms. The van der Waals surface area contributed by atoms with Gasteiger partial charge in [0.25, 0.3) is 0 Å². The summed E-state index contributed by atoms with van der Waals surface area (Å²) < 4.78 is 5.35. The summed E-state index contributed by atoms with van der Waals surface area (Å²) in [5, 5.41) is 11.7. The van der Waals surface area contributed by atoms with Gasteiger partial charge in [0, 0.05) is 11.3 Å². The third kappa shape index (κ3) is 3.93. The zero-order valence-electron chi connectivity index (χ0n) is 14.0. The first kappa shape index (κ1) is 17.5. The fourth-order valence-electron chi connectivity index (χ4n) is 2.45. The minimum absolute atomic E-state index is 0.0407. The average Bonchev–Trinajstić information content (AvgIpc) is 2.56. The number of hydrogen-bond acceptors (Lipinski definition) is 3. The van der Waals surface area contributed by atoms with Crippen LogP contribution in [0, 0.1) is 0 Å². The van der Waals surface area contributed by atoms with Crippen LogP contribution in [-0.2, 0) is 21.4 Å². The van der Waals surface area contributed by atoms with Crippen molar-refractivity contribution in [2.75, 3.05) is 12.4 Å². The number of aliphatic carboxylic acids is 1. The molecule has 0 unspecified atom stereocenters. The highest BCUT2D eigenvalue weighted by Crippen LogP contribution is 2.32. The lowest BCUT2D eigenvalue weighted by Crippen LogP contribution is -2.35. The van der Waals surface area contributed by atoms with Crippen LogP contribution in [0.2, 0.25) is 0 Å². The topological polar surface area (TPSA) is 75.6 Å². The maximum absolute atomic E-state index is 12.7. The van der Waals surface area contributed by atoms with Crippen LogP contribution in [0.1, 0.15) is 25.0 Å². The molecule has 24 heavy (non-hydrogen) atoms. The van der Waals surface area contributed by atoms with E-state index < -0.39 is 11.4 Å². The van der Waals surface area contributed by atoms with E-state index in [2.05, 4.69) is 5.32 Å². The molecule has 0 aromatic heterocycles. The second-order valence-electron chi connectivity index (χ2n) is 6.05. The average molecular weight is 327 g/mol. The van der Waals surface area contributed by atoms with Gasteiger partial charge in [0.05, 0.1) is 18.9 Å². The van der Waals surface area contributed by atoms with Crippen molar-refractivity contribution in [1.82, 2.24) is 0 Å². The van der Waals surface area contributed by atoms with E-state index in [-0.39, 0.29) is 12.3 Å². The van der Waals surface area contributed by atoms with Crippen molar-refractivity contribution in [2.24, 2.45) is 0 Å². The highest BCUT2D eigenvalue weighted by atomic mass is 16.5. The molecule has 5 nitrogen and oxygen atoms in total. The van der Waals surface area contributed by atoms with Crippen molar-refractivity contribution in [3.63, 3.8) is 0 Å². The molecule has 0 radical (unpaired) electrons. The van der Waals surface area contributed by atoms with Crippen molar-refractivity contribution in [3.05, 3.63) is 59.7 Å². The first-order valence-electron chi connectivity index (χ1n) is 7.60. The highest BCUT2D eigenvalue weighted by molar-refractivity contribution is 5.99. The lowest BCUT2D eigenvalue weighted by molar-refractivity contribution is -0.136. The van der Waals surface area contributed by atoms with E-state index in [1.807, 2.05) is 38.1 Å². The van der Waals surface area contributed by atoms with E-state index in [0.717, 1.165) is 5.56 Å². The summed E-state index contributed by atoms with van der Waals surface area (Å²) in [4.78, 5) is 23.4. The lowest BCUT2D eigenvalue weighted by atomic mass is 9.83. The maximum atomic E-state index is 12.7. The second-order valence-corrected chi connectivity index (χ2v) is 6.05. The molecule has 126 valence electrons. The number of carboxylic acid groups (broad SMARTS) is 1. The van der Waals surface area contributed by atoms with Gasteiger partial charge in [-0.05, 0) is 37.6 Å². The largest absolute Gasteiger partial charge is 0.496 e. The molecule has 2 aromatic rings. The van der Waals surface area contributed by atoms with Gasteiger partial charge in [-0.15, -0.1) is 0 Å². The normalized spacial score (nSPS) is 11.0. The summed E-state index contributed by atoms with van der Waals surface area (Å²) in [6.07, 6.45) is -0.0407. The summed E-state index contributed by atoms with van der Waals surface area (Å²) >= 11 is 0. The van der Waals surface area contributed by atoms with E-state index in [1.165, 1.54) is 0 Å². The van der Waals surface area contributed by atoms with Crippen LogP contribution >= 0.6 is 0 Å². The first-order chi connectivity index (χ1) is 11.3. The Morgan fingerprint density at radius 3 is 2.29 bits per heavy atom. The van der Waals surface area contributed by atoms with Gasteiger partial charge >= 0.3 is 5.97 Å². The molecule has 0 fully saturated rings. The van der Waals surface area contributed by atoms with Crippen molar-refractivity contribution < 1.29 is 19.4 Å². The van der Waals surface area contributed by atoms with Crippen LogP contribution in [0.5, 0.6) is 5.75 Å². The zero-order chi connectivity index (χ0) is 17.7. The van der Waals surface area contributed by atoms with E-state index in [1.54, 1.807) is 31.4 Å². The molecule has 0 bridgehead atoms. The van der Waals surface area contributed by atoms with Crippen LogP contribution in [0.3, 0.4) is 0 Å². The Labute approximate surface area is 141 Å². The van der Waals surface area contributed by atoms with Crippen LogP contribution in [0.25, 0.3) is 0 Å². The van der Waals surface area contributed by atoms with Gasteiger partial charge in [0.15, 0.2) is 0 Å². The minimum atomic E-state index is -0.885. The summed E-state index contributed by atoms with van der Waals surface area (Å²) in [6.45, 7) is 3.66. The minimum Gasteiger partial charge on any atom is -0.496 e. The fourth-order valence-corrected chi connectivity index (χ4v) is 2.45. The summed E-state index contributed by atoms with van der Waals surface area (Å²) in [6, 6.07) is 14.2. The smallest absolute Gasteiger partial charge is 0.307 e. The van der Waals surface area contributed by atoms with E-state index in [0.29, 0.717) is 17.0 Å². The molecule has 2 aromatic carbocycles. The summed E-state index contributed by atoms with van der Waals surface area (Å²) in [7, 11) is 1.58. The number of rotatable bonds is 6. The number of amides is 1. The van der Waals surface area contributed by atoms with Gasteiger partial charge < -0.3 is 15.2 Å². The Bertz CT molecular complexity index is 735. The number of hydrogen-bond donors (Lipinski definition) is 2. The monoisotopic (exact) mass is 327 g/mol. The standard InChI is InChI=1S/C19H21NO4/c1-19(2,15-6-4-5-7-16(15)24-3)18(23)20-14-10-8-13(9-11-14)12-17(21)22/h4-11H,12H2,1-3H3,(H,20,23)(H,21,22). The quantitative estimate of drug-likeness (QED) is 0.854. The summed E-state index contributed by atoms with van der Waals surface area (Å²) in [5.41, 5.74) is 1.32. The molecular weight excluding hydrogens is 306 g/mol. The molecule has 5 heteroatoms. The number of benzene rings is 2. The van der Waals surface area contributed by atoms with Gasteiger partial charge in [-0.1, -0.05) is 30.3 Å². The Morgan fingerprint density at radius 2 is 1.71 bits per heavy atom. The van der Waals surface area contributed by atoms with Crippen molar-refractivity contribution in [3.8, 4) is 5.75 Å². The molecule has 2 rings (SSSR count). The Morgan fingerprint density at radius 1 is 1.08 bits per heavy atom. The zero-order valence-corrected chi connectivity index (χ0v) is 14.0. The number of carbonyl (C=O) groups is 2. The predicted octanol–water partition coefficient (Wildman–Crippen LogP) is 3.24. The molecule has 0 heterocycles.